The molecule has 4 rings (SSSR count). The van der Waals surface area contributed by atoms with Gasteiger partial charge < -0.3 is 14.6 Å². The van der Waals surface area contributed by atoms with Gasteiger partial charge in [0, 0.05) is 0 Å². The quantitative estimate of drug-likeness (QED) is 0.339. The van der Waals surface area contributed by atoms with Crippen molar-refractivity contribution < 1.29 is 14.6 Å². The predicted molar refractivity (Wildman–Crippen MR) is 130 cm³/mol. The van der Waals surface area contributed by atoms with Gasteiger partial charge >= 0.3 is 0 Å². The molecule has 2 unspecified atom stereocenters. The van der Waals surface area contributed by atoms with Gasteiger partial charge in [0.2, 0.25) is 5.89 Å². The second-order valence-electron chi connectivity index (χ2n) is 7.65. The maximum Gasteiger partial charge on any atom is 0.215 e. The highest BCUT2D eigenvalue weighted by Crippen LogP contribution is 2.47. The van der Waals surface area contributed by atoms with E-state index in [1.807, 2.05) is 80.6 Å². The van der Waals surface area contributed by atoms with Gasteiger partial charge in [-0.1, -0.05) is 71.8 Å². The lowest BCUT2D eigenvalue weighted by Gasteiger charge is -2.36. The normalized spacial score (nSPS) is 14.1. The molecule has 31 heavy (non-hydrogen) atoms. The molecule has 3 aromatic carbocycles. The van der Waals surface area contributed by atoms with Gasteiger partial charge in [0.15, 0.2) is 21.1 Å². The maximum absolute atomic E-state index is 11.1. The Hall–Kier alpha value is -3.09. The molecule has 6 heteroatoms. The average molecular weight is 448 g/mol. The van der Waals surface area contributed by atoms with E-state index in [-0.39, 0.29) is 16.0 Å². The third kappa shape index (κ3) is 3.62. The predicted octanol–water partition coefficient (Wildman–Crippen LogP) is 6.29. The Labute approximate surface area is 191 Å². The summed E-state index contributed by atoms with van der Waals surface area (Å²) in [5, 5.41) is 21.1. The second kappa shape index (κ2) is 8.21. The van der Waals surface area contributed by atoms with Crippen molar-refractivity contribution in [2.24, 2.45) is 0 Å². The SMILES string of the molecule is Cc1ccc(C(C(O)=S)C(C(O)=S)(c2ccc(C)cc2)c2nc3ccccc3o2)cc1. The standard InChI is InChI=1S/C25H21NO3S2/c1-15-7-11-17(12-8-15)21(22(27)30)25(24(28)31,18-13-9-16(2)10-14-18)23-26-19-5-3-4-6-20(19)29-23/h3-14,21H,1-2H3,(H,27,30)(H,28,31). The lowest BCUT2D eigenvalue weighted by atomic mass is 9.67. The molecule has 2 atom stereocenters. The maximum atomic E-state index is 11.1. The monoisotopic (exact) mass is 447 g/mol. The Kier molecular flexibility index (Phi) is 5.60. The van der Waals surface area contributed by atoms with E-state index < -0.39 is 11.3 Å². The Morgan fingerprint density at radius 1 is 0.871 bits per heavy atom. The Bertz CT molecular complexity index is 1230. The van der Waals surface area contributed by atoms with E-state index in [2.05, 4.69) is 4.98 Å². The Morgan fingerprint density at radius 2 is 1.45 bits per heavy atom. The molecule has 156 valence electrons. The summed E-state index contributed by atoms with van der Waals surface area (Å²) in [5.74, 6) is -0.719. The van der Waals surface area contributed by atoms with Crippen LogP contribution in [-0.2, 0) is 5.41 Å². The first-order chi connectivity index (χ1) is 14.8. The van der Waals surface area contributed by atoms with Crippen LogP contribution in [0.4, 0.5) is 0 Å². The summed E-state index contributed by atoms with van der Waals surface area (Å²) in [6.45, 7) is 3.94. The van der Waals surface area contributed by atoms with Crippen molar-refractivity contribution in [2.45, 2.75) is 25.2 Å². The number of para-hydroxylation sites is 2. The zero-order chi connectivity index (χ0) is 22.2. The summed E-state index contributed by atoms with van der Waals surface area (Å²) in [4.78, 5) is 4.67. The van der Waals surface area contributed by atoms with Crippen LogP contribution in [0.25, 0.3) is 11.1 Å². The minimum atomic E-state index is -1.50. The van der Waals surface area contributed by atoms with Gasteiger partial charge in [0.05, 0.1) is 5.92 Å². The molecule has 4 aromatic rings. The molecule has 0 fully saturated rings. The van der Waals surface area contributed by atoms with E-state index in [9.17, 15) is 10.2 Å². The van der Waals surface area contributed by atoms with Crippen LogP contribution < -0.4 is 0 Å². The van der Waals surface area contributed by atoms with Crippen molar-refractivity contribution in [3.05, 3.63) is 101 Å². The van der Waals surface area contributed by atoms with Gasteiger partial charge in [0.1, 0.15) is 5.52 Å². The molecular weight excluding hydrogens is 426 g/mol. The van der Waals surface area contributed by atoms with Crippen molar-refractivity contribution in [1.82, 2.24) is 4.98 Å². The van der Waals surface area contributed by atoms with Gasteiger partial charge in [-0.15, -0.1) is 0 Å². The van der Waals surface area contributed by atoms with Crippen LogP contribution in [0.15, 0.2) is 77.2 Å². The zero-order valence-electron chi connectivity index (χ0n) is 17.1. The van der Waals surface area contributed by atoms with Crippen LogP contribution in [0.1, 0.15) is 34.1 Å². The number of hydrogen-bond donors (Lipinski definition) is 2. The highest BCUT2D eigenvalue weighted by Gasteiger charge is 2.53. The fourth-order valence-electron chi connectivity index (χ4n) is 3.95. The van der Waals surface area contributed by atoms with Crippen molar-refractivity contribution in [3.8, 4) is 0 Å². The van der Waals surface area contributed by atoms with Gasteiger partial charge in [0.25, 0.3) is 0 Å². The summed E-state index contributed by atoms with van der Waals surface area (Å²) >= 11 is 10.8. The van der Waals surface area contributed by atoms with Crippen LogP contribution in [0.3, 0.4) is 0 Å². The molecule has 0 radical (unpaired) electrons. The molecule has 1 heterocycles. The smallest absolute Gasteiger partial charge is 0.215 e. The number of nitrogens with zero attached hydrogens (tertiary/aromatic N) is 1. The van der Waals surface area contributed by atoms with Crippen molar-refractivity contribution in [1.29, 1.82) is 0 Å². The molecule has 1 aromatic heterocycles. The van der Waals surface area contributed by atoms with Crippen LogP contribution in [0.2, 0.25) is 0 Å². The van der Waals surface area contributed by atoms with Crippen molar-refractivity contribution >= 4 is 45.6 Å². The molecule has 0 amide bonds. The van der Waals surface area contributed by atoms with Crippen LogP contribution in [0.5, 0.6) is 0 Å². The topological polar surface area (TPSA) is 66.5 Å². The summed E-state index contributed by atoms with van der Waals surface area (Å²) in [6, 6.07) is 22.4. The zero-order valence-corrected chi connectivity index (χ0v) is 18.7. The van der Waals surface area contributed by atoms with Gasteiger partial charge in [-0.3, -0.25) is 0 Å². The van der Waals surface area contributed by atoms with Gasteiger partial charge in [-0.25, -0.2) is 4.98 Å². The molecule has 4 nitrogen and oxygen atoms in total. The molecule has 0 bridgehead atoms. The number of aliphatic hydroxyl groups excluding tert-OH is 2. The third-order valence-electron chi connectivity index (χ3n) is 5.57. The number of thiocarbonyl (C=S) groups is 2. The molecule has 0 saturated carbocycles. The van der Waals surface area contributed by atoms with Gasteiger partial charge in [-0.05, 0) is 61.5 Å². The first-order valence-electron chi connectivity index (χ1n) is 9.80. The number of oxazole rings is 1. The fraction of sp³-hybridized carbons (Fsp3) is 0.160. The lowest BCUT2D eigenvalue weighted by Crippen LogP contribution is -2.45. The number of hydrogen-bond acceptors (Lipinski definition) is 4. The van der Waals surface area contributed by atoms with E-state index in [1.54, 1.807) is 6.07 Å². The second-order valence-corrected chi connectivity index (χ2v) is 8.45. The van der Waals surface area contributed by atoms with E-state index in [0.29, 0.717) is 22.2 Å². The summed E-state index contributed by atoms with van der Waals surface area (Å²) in [5.41, 5.74) is 3.09. The summed E-state index contributed by atoms with van der Waals surface area (Å²) in [7, 11) is 0. The van der Waals surface area contributed by atoms with Crippen molar-refractivity contribution in [3.63, 3.8) is 0 Å². The Morgan fingerprint density at radius 3 is 2.00 bits per heavy atom. The Balaban J connectivity index is 2.09. The molecule has 2 N–H and O–H groups in total. The van der Waals surface area contributed by atoms with E-state index >= 15 is 0 Å². The minimum absolute atomic E-state index is 0.173. The number of aromatic nitrogens is 1. The van der Waals surface area contributed by atoms with Crippen LogP contribution >= 0.6 is 24.4 Å². The van der Waals surface area contributed by atoms with E-state index in [4.69, 9.17) is 28.9 Å². The van der Waals surface area contributed by atoms with Gasteiger partial charge in [-0.2, -0.15) is 0 Å². The molecule has 0 aliphatic rings. The van der Waals surface area contributed by atoms with E-state index in [0.717, 1.165) is 11.1 Å². The minimum Gasteiger partial charge on any atom is -0.501 e. The summed E-state index contributed by atoms with van der Waals surface area (Å²) < 4.78 is 6.13. The number of benzene rings is 3. The number of aliphatic hydroxyl groups is 2. The van der Waals surface area contributed by atoms with Crippen molar-refractivity contribution in [2.75, 3.05) is 0 Å². The number of fused-ring (bicyclic) bond motifs is 1. The molecule has 0 saturated heterocycles. The average Bonchev–Trinajstić information content (AvgIpc) is 3.17. The third-order valence-corrected chi connectivity index (χ3v) is 6.12. The largest absolute Gasteiger partial charge is 0.501 e. The first kappa shape index (κ1) is 21.2. The van der Waals surface area contributed by atoms with E-state index in [1.165, 1.54) is 0 Å². The van der Waals surface area contributed by atoms with Crippen LogP contribution in [0, 0.1) is 13.8 Å². The first-order valence-corrected chi connectivity index (χ1v) is 10.6. The fourth-order valence-corrected chi connectivity index (χ4v) is 4.58. The number of rotatable bonds is 6. The number of aryl methyl sites for hydroxylation is 2. The molecule has 0 aliphatic carbocycles. The molecule has 0 aliphatic heterocycles. The molecule has 0 spiro atoms. The van der Waals surface area contributed by atoms with Crippen LogP contribution in [-0.4, -0.2) is 25.3 Å². The lowest BCUT2D eigenvalue weighted by molar-refractivity contribution is 0.378. The highest BCUT2D eigenvalue weighted by atomic mass is 32.1. The molecular formula is C25H21NO3S2. The summed E-state index contributed by atoms with van der Waals surface area (Å²) in [6.07, 6.45) is 0. The highest BCUT2D eigenvalue weighted by molar-refractivity contribution is 7.80.